The second-order valence-electron chi connectivity index (χ2n) is 3.02. The SMILES string of the molecule is CC(Nc1nnnn1C)c1cn[nH]c1. The molecule has 7 heteroatoms. The van der Waals surface area contributed by atoms with Gasteiger partial charge in [-0.2, -0.15) is 5.10 Å². The maximum atomic E-state index is 3.87. The molecule has 2 N–H and O–H groups in total. The zero-order valence-corrected chi connectivity index (χ0v) is 7.97. The van der Waals surface area contributed by atoms with E-state index >= 15 is 0 Å². The maximum Gasteiger partial charge on any atom is 0.243 e. The van der Waals surface area contributed by atoms with Crippen molar-refractivity contribution in [3.63, 3.8) is 0 Å². The van der Waals surface area contributed by atoms with E-state index in [0.29, 0.717) is 5.95 Å². The van der Waals surface area contributed by atoms with Gasteiger partial charge >= 0.3 is 0 Å². The molecular weight excluding hydrogens is 182 g/mol. The summed E-state index contributed by atoms with van der Waals surface area (Å²) in [6, 6.07) is 0.124. The van der Waals surface area contributed by atoms with E-state index in [0.717, 1.165) is 5.56 Å². The van der Waals surface area contributed by atoms with Crippen LogP contribution in [0.5, 0.6) is 0 Å². The molecular formula is C7H11N7. The highest BCUT2D eigenvalue weighted by molar-refractivity contribution is 5.27. The fraction of sp³-hybridized carbons (Fsp3) is 0.429. The molecule has 2 aromatic heterocycles. The van der Waals surface area contributed by atoms with Crippen LogP contribution in [0.4, 0.5) is 5.95 Å². The lowest BCUT2D eigenvalue weighted by Crippen LogP contribution is -2.10. The molecule has 2 heterocycles. The number of nitrogens with zero attached hydrogens (tertiary/aromatic N) is 5. The van der Waals surface area contributed by atoms with Crippen LogP contribution in [0.25, 0.3) is 0 Å². The Morgan fingerprint density at radius 2 is 2.43 bits per heavy atom. The van der Waals surface area contributed by atoms with Gasteiger partial charge in [-0.05, 0) is 17.4 Å². The highest BCUT2D eigenvalue weighted by Crippen LogP contribution is 2.14. The number of aromatic amines is 1. The number of hydrogen-bond donors (Lipinski definition) is 2. The summed E-state index contributed by atoms with van der Waals surface area (Å²) in [7, 11) is 1.78. The molecule has 0 bridgehead atoms. The van der Waals surface area contributed by atoms with Crippen molar-refractivity contribution in [2.45, 2.75) is 13.0 Å². The molecule has 7 nitrogen and oxygen atoms in total. The Balaban J connectivity index is 2.09. The van der Waals surface area contributed by atoms with Crippen molar-refractivity contribution in [1.82, 2.24) is 30.4 Å². The highest BCUT2D eigenvalue weighted by Gasteiger charge is 2.09. The fourth-order valence-corrected chi connectivity index (χ4v) is 1.13. The van der Waals surface area contributed by atoms with Gasteiger partial charge in [0.25, 0.3) is 0 Å². The first kappa shape index (κ1) is 8.67. The zero-order valence-electron chi connectivity index (χ0n) is 7.97. The van der Waals surface area contributed by atoms with E-state index in [1.807, 2.05) is 13.1 Å². The van der Waals surface area contributed by atoms with Crippen LogP contribution in [-0.4, -0.2) is 30.4 Å². The first-order valence-corrected chi connectivity index (χ1v) is 4.25. The molecule has 0 aliphatic heterocycles. The first-order chi connectivity index (χ1) is 6.77. The molecule has 2 aromatic rings. The van der Waals surface area contributed by atoms with Gasteiger partial charge in [-0.25, -0.2) is 4.68 Å². The number of tetrazole rings is 1. The van der Waals surface area contributed by atoms with Crippen molar-refractivity contribution in [2.24, 2.45) is 7.05 Å². The lowest BCUT2D eigenvalue weighted by Gasteiger charge is -2.10. The van der Waals surface area contributed by atoms with E-state index in [-0.39, 0.29) is 6.04 Å². The molecule has 0 radical (unpaired) electrons. The summed E-state index contributed by atoms with van der Waals surface area (Å²) < 4.78 is 1.58. The second-order valence-corrected chi connectivity index (χ2v) is 3.02. The summed E-state index contributed by atoms with van der Waals surface area (Å²) in [5.74, 6) is 0.638. The smallest absolute Gasteiger partial charge is 0.243 e. The summed E-state index contributed by atoms with van der Waals surface area (Å²) in [5.41, 5.74) is 1.06. The molecule has 0 aromatic carbocycles. The highest BCUT2D eigenvalue weighted by atomic mass is 15.6. The van der Waals surface area contributed by atoms with E-state index in [4.69, 9.17) is 0 Å². The first-order valence-electron chi connectivity index (χ1n) is 4.25. The van der Waals surface area contributed by atoms with Crippen molar-refractivity contribution in [3.05, 3.63) is 18.0 Å². The van der Waals surface area contributed by atoms with E-state index in [9.17, 15) is 0 Å². The predicted octanol–water partition coefficient (Wildman–Crippen LogP) is 0.106. The van der Waals surface area contributed by atoms with Crippen LogP contribution in [0.2, 0.25) is 0 Å². The van der Waals surface area contributed by atoms with Crippen LogP contribution in [0.3, 0.4) is 0 Å². The van der Waals surface area contributed by atoms with Gasteiger partial charge in [-0.3, -0.25) is 5.10 Å². The maximum absolute atomic E-state index is 3.87. The van der Waals surface area contributed by atoms with Gasteiger partial charge in [-0.1, -0.05) is 5.10 Å². The van der Waals surface area contributed by atoms with Crippen LogP contribution in [0.1, 0.15) is 18.5 Å². The lowest BCUT2D eigenvalue weighted by molar-refractivity contribution is 0.706. The van der Waals surface area contributed by atoms with Gasteiger partial charge < -0.3 is 5.32 Å². The molecule has 14 heavy (non-hydrogen) atoms. The fourth-order valence-electron chi connectivity index (χ4n) is 1.13. The number of nitrogens with one attached hydrogen (secondary N) is 2. The largest absolute Gasteiger partial charge is 0.346 e. The molecule has 0 aliphatic carbocycles. The zero-order chi connectivity index (χ0) is 9.97. The Kier molecular flexibility index (Phi) is 2.13. The molecule has 1 unspecified atom stereocenters. The number of H-pyrrole nitrogens is 1. The molecule has 0 aliphatic rings. The number of anilines is 1. The third-order valence-corrected chi connectivity index (χ3v) is 1.99. The third kappa shape index (κ3) is 1.56. The van der Waals surface area contributed by atoms with Crippen molar-refractivity contribution >= 4 is 5.95 Å². The molecule has 74 valence electrons. The summed E-state index contributed by atoms with van der Waals surface area (Å²) in [5, 5.41) is 20.9. The minimum atomic E-state index is 0.124. The third-order valence-electron chi connectivity index (χ3n) is 1.99. The van der Waals surface area contributed by atoms with Crippen molar-refractivity contribution < 1.29 is 0 Å². The molecule has 0 fully saturated rings. The number of hydrogen-bond acceptors (Lipinski definition) is 5. The average molecular weight is 193 g/mol. The van der Waals surface area contributed by atoms with Gasteiger partial charge in [0, 0.05) is 18.8 Å². The molecule has 0 saturated heterocycles. The summed E-state index contributed by atoms with van der Waals surface area (Å²) in [4.78, 5) is 0. The molecule has 2 rings (SSSR count). The van der Waals surface area contributed by atoms with Crippen molar-refractivity contribution in [3.8, 4) is 0 Å². The number of aryl methyl sites for hydroxylation is 1. The minimum Gasteiger partial charge on any atom is -0.346 e. The topological polar surface area (TPSA) is 84.3 Å². The van der Waals surface area contributed by atoms with E-state index < -0.39 is 0 Å². The van der Waals surface area contributed by atoms with Crippen LogP contribution in [0, 0.1) is 0 Å². The second kappa shape index (κ2) is 3.44. The standard InChI is InChI=1S/C7H11N7/c1-5(6-3-8-9-4-6)10-7-11-12-13-14(7)2/h3-5H,1-2H3,(H,8,9)(H,10,11,13). The quantitative estimate of drug-likeness (QED) is 0.722. The molecule has 0 amide bonds. The van der Waals surface area contributed by atoms with E-state index in [2.05, 4.69) is 31.0 Å². The summed E-state index contributed by atoms with van der Waals surface area (Å²) in [6.45, 7) is 2.01. The molecule has 1 atom stereocenters. The van der Waals surface area contributed by atoms with Crippen molar-refractivity contribution in [1.29, 1.82) is 0 Å². The average Bonchev–Trinajstić information content (AvgIpc) is 2.77. The number of aromatic nitrogens is 6. The summed E-state index contributed by atoms with van der Waals surface area (Å²) >= 11 is 0. The Labute approximate surface area is 80.5 Å². The van der Waals surface area contributed by atoms with Gasteiger partial charge in [-0.15, -0.1) is 0 Å². The Bertz CT molecular complexity index is 390. The Hall–Kier alpha value is -1.92. The minimum absolute atomic E-state index is 0.124. The van der Waals surface area contributed by atoms with Crippen LogP contribution < -0.4 is 5.32 Å². The van der Waals surface area contributed by atoms with Crippen LogP contribution in [-0.2, 0) is 7.05 Å². The molecule has 0 saturated carbocycles. The Morgan fingerprint density at radius 3 is 3.00 bits per heavy atom. The normalized spacial score (nSPS) is 12.7. The van der Waals surface area contributed by atoms with E-state index in [1.165, 1.54) is 0 Å². The van der Waals surface area contributed by atoms with Gasteiger partial charge in [0.1, 0.15) is 0 Å². The Morgan fingerprint density at radius 1 is 1.57 bits per heavy atom. The lowest BCUT2D eigenvalue weighted by atomic mass is 10.2. The van der Waals surface area contributed by atoms with Crippen LogP contribution >= 0.6 is 0 Å². The summed E-state index contributed by atoms with van der Waals surface area (Å²) in [6.07, 6.45) is 3.60. The van der Waals surface area contributed by atoms with Gasteiger partial charge in [0.2, 0.25) is 5.95 Å². The van der Waals surface area contributed by atoms with Gasteiger partial charge in [0.05, 0.1) is 12.2 Å². The predicted molar refractivity (Wildman–Crippen MR) is 49.4 cm³/mol. The van der Waals surface area contributed by atoms with Crippen LogP contribution in [0.15, 0.2) is 12.4 Å². The van der Waals surface area contributed by atoms with E-state index in [1.54, 1.807) is 17.9 Å². The van der Waals surface area contributed by atoms with Crippen molar-refractivity contribution in [2.75, 3.05) is 5.32 Å². The van der Waals surface area contributed by atoms with Gasteiger partial charge in [0.15, 0.2) is 0 Å². The number of rotatable bonds is 3. The molecule has 0 spiro atoms. The monoisotopic (exact) mass is 193 g/mol.